The van der Waals surface area contributed by atoms with E-state index in [4.69, 9.17) is 0 Å². The molecular weight excluding hydrogens is 201 g/mol. The summed E-state index contributed by atoms with van der Waals surface area (Å²) < 4.78 is 12.7. The highest BCUT2D eigenvalue weighted by molar-refractivity contribution is 5.16. The maximum absolute atomic E-state index is 12.7. The van der Waals surface area contributed by atoms with E-state index in [0.717, 1.165) is 18.9 Å². The highest BCUT2D eigenvalue weighted by Gasteiger charge is 2.03. The molecule has 1 nitrogen and oxygen atoms in total. The molecule has 0 bridgehead atoms. The highest BCUT2D eigenvalue weighted by atomic mass is 19.1. The molecule has 0 aromatic heterocycles. The Morgan fingerprint density at radius 2 is 1.75 bits per heavy atom. The van der Waals surface area contributed by atoms with Gasteiger partial charge in [0.1, 0.15) is 5.82 Å². The van der Waals surface area contributed by atoms with Gasteiger partial charge in [-0.1, -0.05) is 26.0 Å². The van der Waals surface area contributed by atoms with Crippen LogP contribution in [0.5, 0.6) is 0 Å². The van der Waals surface area contributed by atoms with Crippen LogP contribution in [0.4, 0.5) is 4.39 Å². The summed E-state index contributed by atoms with van der Waals surface area (Å²) in [7, 11) is 0. The van der Waals surface area contributed by atoms with E-state index in [9.17, 15) is 4.39 Å². The van der Waals surface area contributed by atoms with E-state index in [0.29, 0.717) is 6.04 Å². The van der Waals surface area contributed by atoms with Crippen LogP contribution in [-0.2, 0) is 6.42 Å². The summed E-state index contributed by atoms with van der Waals surface area (Å²) >= 11 is 0. The summed E-state index contributed by atoms with van der Waals surface area (Å²) in [6.07, 6.45) is 2.16. The molecule has 0 spiro atoms. The smallest absolute Gasteiger partial charge is 0.123 e. The van der Waals surface area contributed by atoms with Crippen LogP contribution in [0.25, 0.3) is 0 Å². The lowest BCUT2D eigenvalue weighted by Crippen LogP contribution is -2.29. The van der Waals surface area contributed by atoms with Crippen molar-refractivity contribution in [2.24, 2.45) is 5.92 Å². The zero-order chi connectivity index (χ0) is 12.0. The summed E-state index contributed by atoms with van der Waals surface area (Å²) in [5.74, 6) is 0.568. The second-order valence-electron chi connectivity index (χ2n) is 4.86. The van der Waals surface area contributed by atoms with Crippen LogP contribution >= 0.6 is 0 Å². The third-order valence-corrected chi connectivity index (χ3v) is 2.64. The van der Waals surface area contributed by atoms with Crippen molar-refractivity contribution in [1.82, 2.24) is 5.32 Å². The Kier molecular flexibility index (Phi) is 5.47. The highest BCUT2D eigenvalue weighted by Crippen LogP contribution is 2.05. The first-order valence-electron chi connectivity index (χ1n) is 6.05. The molecule has 0 heterocycles. The van der Waals surface area contributed by atoms with E-state index < -0.39 is 0 Å². The topological polar surface area (TPSA) is 12.0 Å². The van der Waals surface area contributed by atoms with Gasteiger partial charge in [0.2, 0.25) is 0 Å². The minimum absolute atomic E-state index is 0.162. The van der Waals surface area contributed by atoms with Gasteiger partial charge in [0.15, 0.2) is 0 Å². The molecule has 1 rings (SSSR count). The predicted molar refractivity (Wildman–Crippen MR) is 67.0 cm³/mol. The fraction of sp³-hybridized carbons (Fsp3) is 0.571. The van der Waals surface area contributed by atoms with Crippen molar-refractivity contribution in [2.75, 3.05) is 6.54 Å². The molecule has 2 heteroatoms. The molecule has 90 valence electrons. The van der Waals surface area contributed by atoms with Gasteiger partial charge < -0.3 is 5.32 Å². The lowest BCUT2D eigenvalue weighted by Gasteiger charge is -2.15. The molecule has 0 radical (unpaired) electrons. The Bertz CT molecular complexity index is 292. The minimum atomic E-state index is -0.162. The van der Waals surface area contributed by atoms with Crippen molar-refractivity contribution in [3.05, 3.63) is 35.6 Å². The third-order valence-electron chi connectivity index (χ3n) is 2.64. The first-order valence-corrected chi connectivity index (χ1v) is 6.05. The van der Waals surface area contributed by atoms with E-state index in [1.807, 2.05) is 12.1 Å². The van der Waals surface area contributed by atoms with E-state index in [2.05, 4.69) is 26.1 Å². The minimum Gasteiger partial charge on any atom is -0.314 e. The summed E-state index contributed by atoms with van der Waals surface area (Å²) in [4.78, 5) is 0. The molecular formula is C14H22FN. The maximum atomic E-state index is 12.7. The van der Waals surface area contributed by atoms with Crippen LogP contribution in [0, 0.1) is 11.7 Å². The quantitative estimate of drug-likeness (QED) is 0.779. The number of nitrogens with one attached hydrogen (secondary N) is 1. The standard InChI is InChI=1S/C14H22FN/c1-11(2)10-12(3)16-9-8-13-4-6-14(15)7-5-13/h4-7,11-12,16H,8-10H2,1-3H3. The lowest BCUT2D eigenvalue weighted by molar-refractivity contribution is 0.444. The van der Waals surface area contributed by atoms with Crippen LogP contribution in [0.15, 0.2) is 24.3 Å². The van der Waals surface area contributed by atoms with Gasteiger partial charge in [-0.05, 0) is 49.9 Å². The SMILES string of the molecule is CC(C)CC(C)NCCc1ccc(F)cc1. The van der Waals surface area contributed by atoms with E-state index in [1.54, 1.807) is 0 Å². The van der Waals surface area contributed by atoms with Gasteiger partial charge in [-0.25, -0.2) is 4.39 Å². The number of hydrogen-bond donors (Lipinski definition) is 1. The van der Waals surface area contributed by atoms with Crippen LogP contribution in [0.1, 0.15) is 32.8 Å². The molecule has 0 amide bonds. The molecule has 0 saturated heterocycles. The lowest BCUT2D eigenvalue weighted by atomic mass is 10.0. The Morgan fingerprint density at radius 1 is 1.12 bits per heavy atom. The Labute approximate surface area is 98.1 Å². The van der Waals surface area contributed by atoms with Gasteiger partial charge in [0, 0.05) is 6.04 Å². The summed E-state index contributed by atoms with van der Waals surface area (Å²) in [6, 6.07) is 7.30. The molecule has 0 fully saturated rings. The molecule has 0 aliphatic heterocycles. The van der Waals surface area contributed by atoms with Crippen LogP contribution < -0.4 is 5.32 Å². The van der Waals surface area contributed by atoms with Crippen molar-refractivity contribution in [3.63, 3.8) is 0 Å². The molecule has 0 saturated carbocycles. The van der Waals surface area contributed by atoms with Crippen LogP contribution in [0.2, 0.25) is 0 Å². The Hall–Kier alpha value is -0.890. The average Bonchev–Trinajstić information content (AvgIpc) is 2.20. The monoisotopic (exact) mass is 223 g/mol. The van der Waals surface area contributed by atoms with Crippen molar-refractivity contribution in [2.45, 2.75) is 39.7 Å². The van der Waals surface area contributed by atoms with Gasteiger partial charge in [0.25, 0.3) is 0 Å². The first kappa shape index (κ1) is 13.2. The second kappa shape index (κ2) is 6.64. The number of halogens is 1. The van der Waals surface area contributed by atoms with E-state index >= 15 is 0 Å². The molecule has 0 aliphatic rings. The average molecular weight is 223 g/mol. The van der Waals surface area contributed by atoms with E-state index in [1.165, 1.54) is 24.1 Å². The summed E-state index contributed by atoms with van der Waals surface area (Å²) in [5.41, 5.74) is 1.19. The Balaban J connectivity index is 2.22. The van der Waals surface area contributed by atoms with Crippen molar-refractivity contribution < 1.29 is 4.39 Å². The molecule has 1 atom stereocenters. The van der Waals surface area contributed by atoms with Crippen molar-refractivity contribution >= 4 is 0 Å². The molecule has 1 aromatic carbocycles. The number of hydrogen-bond acceptors (Lipinski definition) is 1. The zero-order valence-corrected chi connectivity index (χ0v) is 10.5. The maximum Gasteiger partial charge on any atom is 0.123 e. The van der Waals surface area contributed by atoms with Gasteiger partial charge in [0.05, 0.1) is 0 Å². The largest absolute Gasteiger partial charge is 0.314 e. The fourth-order valence-electron chi connectivity index (χ4n) is 1.90. The molecule has 1 unspecified atom stereocenters. The molecule has 1 N–H and O–H groups in total. The van der Waals surface area contributed by atoms with Gasteiger partial charge >= 0.3 is 0 Å². The first-order chi connectivity index (χ1) is 7.58. The van der Waals surface area contributed by atoms with Crippen LogP contribution in [-0.4, -0.2) is 12.6 Å². The van der Waals surface area contributed by atoms with E-state index in [-0.39, 0.29) is 5.82 Å². The fourth-order valence-corrected chi connectivity index (χ4v) is 1.90. The van der Waals surface area contributed by atoms with Gasteiger partial charge in [-0.2, -0.15) is 0 Å². The molecule has 0 aliphatic carbocycles. The number of benzene rings is 1. The predicted octanol–water partition coefficient (Wildman–Crippen LogP) is 3.39. The van der Waals surface area contributed by atoms with Crippen molar-refractivity contribution in [1.29, 1.82) is 0 Å². The van der Waals surface area contributed by atoms with Gasteiger partial charge in [-0.3, -0.25) is 0 Å². The Morgan fingerprint density at radius 3 is 2.31 bits per heavy atom. The van der Waals surface area contributed by atoms with Crippen molar-refractivity contribution in [3.8, 4) is 0 Å². The molecule has 16 heavy (non-hydrogen) atoms. The van der Waals surface area contributed by atoms with Gasteiger partial charge in [-0.15, -0.1) is 0 Å². The van der Waals surface area contributed by atoms with Crippen LogP contribution in [0.3, 0.4) is 0 Å². The zero-order valence-electron chi connectivity index (χ0n) is 10.5. The normalized spacial score (nSPS) is 13.1. The third kappa shape index (κ3) is 5.26. The summed E-state index contributed by atoms with van der Waals surface area (Å²) in [5, 5.41) is 3.48. The number of rotatable bonds is 6. The second-order valence-corrected chi connectivity index (χ2v) is 4.86. The molecule has 1 aromatic rings. The summed E-state index contributed by atoms with van der Waals surface area (Å²) in [6.45, 7) is 7.64.